The third-order valence-corrected chi connectivity index (χ3v) is 5.86. The zero-order chi connectivity index (χ0) is 13.6. The van der Waals surface area contributed by atoms with Crippen molar-refractivity contribution in [2.75, 3.05) is 0 Å². The molecule has 4 atom stereocenters. The lowest BCUT2D eigenvalue weighted by molar-refractivity contribution is 0.0750. The molecule has 0 saturated heterocycles. The van der Waals surface area contributed by atoms with E-state index in [2.05, 4.69) is 26.2 Å². The summed E-state index contributed by atoms with van der Waals surface area (Å²) in [6.45, 7) is 6.58. The Balaban J connectivity index is 1.63. The van der Waals surface area contributed by atoms with Gasteiger partial charge < -0.3 is 5.11 Å². The van der Waals surface area contributed by atoms with E-state index in [4.69, 9.17) is 4.98 Å². The molecular formula is C16H25NOS. The molecule has 19 heavy (non-hydrogen) atoms. The number of nitrogens with zero attached hydrogens (tertiary/aromatic N) is 1. The van der Waals surface area contributed by atoms with Crippen molar-refractivity contribution in [3.05, 3.63) is 16.1 Å². The normalized spacial score (nSPS) is 31.9. The highest BCUT2D eigenvalue weighted by atomic mass is 32.1. The molecule has 4 unspecified atom stereocenters. The Kier molecular flexibility index (Phi) is 3.46. The van der Waals surface area contributed by atoms with E-state index in [0.717, 1.165) is 29.0 Å². The molecule has 2 bridgehead atoms. The third-order valence-electron chi connectivity index (χ3n) is 4.99. The lowest BCUT2D eigenvalue weighted by atomic mass is 9.83. The molecule has 0 amide bonds. The SMILES string of the molecule is CC(C)(C)c1csc(CC(O)C2CC3CCC2C3)n1. The monoisotopic (exact) mass is 279 g/mol. The lowest BCUT2D eigenvalue weighted by Crippen LogP contribution is -2.27. The van der Waals surface area contributed by atoms with Crippen molar-refractivity contribution in [3.8, 4) is 0 Å². The Morgan fingerprint density at radius 1 is 1.37 bits per heavy atom. The van der Waals surface area contributed by atoms with Crippen LogP contribution in [0.25, 0.3) is 0 Å². The van der Waals surface area contributed by atoms with Gasteiger partial charge in [0.1, 0.15) is 0 Å². The number of hydrogen-bond donors (Lipinski definition) is 1. The topological polar surface area (TPSA) is 33.1 Å². The lowest BCUT2D eigenvalue weighted by Gasteiger charge is -2.26. The molecular weight excluding hydrogens is 254 g/mol. The number of aromatic nitrogens is 1. The number of rotatable bonds is 3. The number of thiazole rings is 1. The first kappa shape index (κ1) is 13.6. The number of fused-ring (bicyclic) bond motifs is 2. The first-order valence-electron chi connectivity index (χ1n) is 7.56. The summed E-state index contributed by atoms with van der Waals surface area (Å²) in [5, 5.41) is 13.8. The van der Waals surface area contributed by atoms with Crippen LogP contribution in [0.15, 0.2) is 5.38 Å². The van der Waals surface area contributed by atoms with Crippen molar-refractivity contribution in [2.24, 2.45) is 17.8 Å². The molecule has 0 spiro atoms. The minimum atomic E-state index is -0.172. The standard InChI is InChI=1S/C16H25NOS/c1-16(2,3)14-9-19-15(17-14)8-13(18)12-7-10-4-5-11(12)6-10/h9-13,18H,4-8H2,1-3H3. The van der Waals surface area contributed by atoms with Gasteiger partial charge in [0, 0.05) is 17.2 Å². The smallest absolute Gasteiger partial charge is 0.0954 e. The number of hydrogen-bond acceptors (Lipinski definition) is 3. The molecule has 1 aromatic heterocycles. The fourth-order valence-corrected chi connectivity index (χ4v) is 4.92. The van der Waals surface area contributed by atoms with Gasteiger partial charge in [0.15, 0.2) is 0 Å². The minimum absolute atomic E-state index is 0.117. The van der Waals surface area contributed by atoms with Crippen molar-refractivity contribution in [1.82, 2.24) is 4.98 Å². The van der Waals surface area contributed by atoms with Crippen LogP contribution in [0.1, 0.15) is 57.2 Å². The summed E-state index contributed by atoms with van der Waals surface area (Å²) in [6, 6.07) is 0. The van der Waals surface area contributed by atoms with Gasteiger partial charge in [0.2, 0.25) is 0 Å². The number of aliphatic hydroxyl groups excluding tert-OH is 1. The second kappa shape index (κ2) is 4.85. The molecule has 106 valence electrons. The van der Waals surface area contributed by atoms with Crippen LogP contribution >= 0.6 is 11.3 Å². The van der Waals surface area contributed by atoms with Crippen LogP contribution in [-0.2, 0) is 11.8 Å². The fraction of sp³-hybridized carbons (Fsp3) is 0.812. The Labute approximate surface area is 120 Å². The minimum Gasteiger partial charge on any atom is -0.392 e. The van der Waals surface area contributed by atoms with E-state index < -0.39 is 0 Å². The molecule has 2 saturated carbocycles. The summed E-state index contributed by atoms with van der Waals surface area (Å²) >= 11 is 1.71. The summed E-state index contributed by atoms with van der Waals surface area (Å²) in [5.74, 6) is 2.24. The van der Waals surface area contributed by atoms with Crippen LogP contribution in [0.2, 0.25) is 0 Å². The zero-order valence-electron chi connectivity index (χ0n) is 12.2. The van der Waals surface area contributed by atoms with Gasteiger partial charge in [-0.05, 0) is 37.0 Å². The van der Waals surface area contributed by atoms with Crippen molar-refractivity contribution >= 4 is 11.3 Å². The predicted octanol–water partition coefficient (Wildman–Crippen LogP) is 3.78. The molecule has 0 radical (unpaired) electrons. The molecule has 2 nitrogen and oxygen atoms in total. The van der Waals surface area contributed by atoms with Crippen LogP contribution < -0.4 is 0 Å². The van der Waals surface area contributed by atoms with Gasteiger partial charge in [-0.1, -0.05) is 27.2 Å². The molecule has 2 aliphatic carbocycles. The van der Waals surface area contributed by atoms with Crippen LogP contribution in [0.5, 0.6) is 0 Å². The average molecular weight is 279 g/mol. The predicted molar refractivity (Wildman–Crippen MR) is 79.5 cm³/mol. The largest absolute Gasteiger partial charge is 0.392 e. The number of aliphatic hydroxyl groups is 1. The van der Waals surface area contributed by atoms with Crippen LogP contribution in [0, 0.1) is 17.8 Å². The zero-order valence-corrected chi connectivity index (χ0v) is 13.0. The Morgan fingerprint density at radius 3 is 2.68 bits per heavy atom. The second-order valence-corrected chi connectivity index (χ2v) is 8.43. The van der Waals surface area contributed by atoms with Crippen molar-refractivity contribution in [3.63, 3.8) is 0 Å². The quantitative estimate of drug-likeness (QED) is 0.913. The van der Waals surface area contributed by atoms with E-state index in [0.29, 0.717) is 5.92 Å². The van der Waals surface area contributed by atoms with Gasteiger partial charge in [-0.3, -0.25) is 0 Å². The third kappa shape index (κ3) is 2.73. The van der Waals surface area contributed by atoms with E-state index in [1.54, 1.807) is 11.3 Å². The summed E-state index contributed by atoms with van der Waals surface area (Å²) in [5.41, 5.74) is 1.28. The summed E-state index contributed by atoms with van der Waals surface area (Å²) in [7, 11) is 0. The van der Waals surface area contributed by atoms with Crippen molar-refractivity contribution in [2.45, 2.75) is 64.4 Å². The van der Waals surface area contributed by atoms with Gasteiger partial charge in [-0.25, -0.2) is 4.98 Å². The fourth-order valence-electron chi connectivity index (χ4n) is 3.84. The highest BCUT2D eigenvalue weighted by molar-refractivity contribution is 7.09. The van der Waals surface area contributed by atoms with Gasteiger partial charge >= 0.3 is 0 Å². The summed E-state index contributed by atoms with van der Waals surface area (Å²) in [6.07, 6.45) is 5.95. The van der Waals surface area contributed by atoms with E-state index in [1.807, 2.05) is 0 Å². The van der Waals surface area contributed by atoms with Gasteiger partial charge in [0.05, 0.1) is 16.8 Å². The molecule has 3 rings (SSSR count). The Bertz CT molecular complexity index is 448. The molecule has 1 aromatic rings. The maximum atomic E-state index is 10.5. The first-order chi connectivity index (χ1) is 8.93. The van der Waals surface area contributed by atoms with E-state index in [9.17, 15) is 5.11 Å². The average Bonchev–Trinajstić information content (AvgIpc) is 3.02. The molecule has 2 aliphatic rings. The highest BCUT2D eigenvalue weighted by Gasteiger charge is 2.42. The molecule has 3 heteroatoms. The molecule has 1 heterocycles. The van der Waals surface area contributed by atoms with Gasteiger partial charge in [-0.15, -0.1) is 11.3 Å². The van der Waals surface area contributed by atoms with E-state index in [1.165, 1.54) is 25.7 Å². The van der Waals surface area contributed by atoms with Crippen LogP contribution in [0.4, 0.5) is 0 Å². The van der Waals surface area contributed by atoms with Crippen LogP contribution in [-0.4, -0.2) is 16.2 Å². The molecule has 0 aromatic carbocycles. The van der Waals surface area contributed by atoms with E-state index >= 15 is 0 Å². The van der Waals surface area contributed by atoms with Crippen LogP contribution in [0.3, 0.4) is 0 Å². The summed E-state index contributed by atoms with van der Waals surface area (Å²) < 4.78 is 0. The second-order valence-electron chi connectivity index (χ2n) is 7.49. The Morgan fingerprint density at radius 2 is 2.16 bits per heavy atom. The van der Waals surface area contributed by atoms with Crippen molar-refractivity contribution < 1.29 is 5.11 Å². The maximum Gasteiger partial charge on any atom is 0.0954 e. The van der Waals surface area contributed by atoms with Gasteiger partial charge in [-0.2, -0.15) is 0 Å². The summed E-state index contributed by atoms with van der Waals surface area (Å²) in [4.78, 5) is 4.71. The maximum absolute atomic E-state index is 10.5. The molecule has 1 N–H and O–H groups in total. The van der Waals surface area contributed by atoms with E-state index in [-0.39, 0.29) is 11.5 Å². The highest BCUT2D eigenvalue weighted by Crippen LogP contribution is 2.49. The molecule has 0 aliphatic heterocycles. The first-order valence-corrected chi connectivity index (χ1v) is 8.44. The van der Waals surface area contributed by atoms with Crippen molar-refractivity contribution in [1.29, 1.82) is 0 Å². The van der Waals surface area contributed by atoms with Gasteiger partial charge in [0.25, 0.3) is 0 Å². The Hall–Kier alpha value is -0.410. The molecule has 2 fully saturated rings.